The van der Waals surface area contributed by atoms with Gasteiger partial charge in [-0.1, -0.05) is 12.1 Å². The van der Waals surface area contributed by atoms with Crippen LogP contribution in [0.25, 0.3) is 0 Å². The summed E-state index contributed by atoms with van der Waals surface area (Å²) >= 11 is 0. The summed E-state index contributed by atoms with van der Waals surface area (Å²) < 4.78 is 19.0. The Labute approximate surface area is 134 Å². The highest BCUT2D eigenvalue weighted by molar-refractivity contribution is 5.94. The number of amides is 1. The molecule has 0 spiro atoms. The van der Waals surface area contributed by atoms with E-state index in [1.54, 1.807) is 36.7 Å². The number of ether oxygens (including phenoxy) is 1. The number of morpholine rings is 1. The van der Waals surface area contributed by atoms with Gasteiger partial charge in [0.1, 0.15) is 11.9 Å². The first-order chi connectivity index (χ1) is 11.0. The van der Waals surface area contributed by atoms with E-state index in [1.165, 1.54) is 12.1 Å². The van der Waals surface area contributed by atoms with Gasteiger partial charge in [-0.15, -0.1) is 0 Å². The molecule has 120 valence electrons. The fourth-order valence-corrected chi connectivity index (χ4v) is 2.73. The normalized spacial score (nSPS) is 20.3. The number of hydrogen-bond acceptors (Lipinski definition) is 3. The van der Waals surface area contributed by atoms with Gasteiger partial charge in [-0.25, -0.2) is 4.39 Å². The Kier molecular flexibility index (Phi) is 4.13. The summed E-state index contributed by atoms with van der Waals surface area (Å²) in [6.45, 7) is 4.79. The third-order valence-electron chi connectivity index (χ3n) is 4.11. The first-order valence-corrected chi connectivity index (χ1v) is 7.56. The van der Waals surface area contributed by atoms with Crippen LogP contribution in [0.4, 0.5) is 4.39 Å². The molecule has 4 nitrogen and oxygen atoms in total. The van der Waals surface area contributed by atoms with Gasteiger partial charge in [-0.05, 0) is 43.7 Å². The molecule has 5 heteroatoms. The number of benzene rings is 1. The number of pyridine rings is 1. The van der Waals surface area contributed by atoms with Crippen molar-refractivity contribution in [3.8, 4) is 0 Å². The zero-order valence-electron chi connectivity index (χ0n) is 13.2. The van der Waals surface area contributed by atoms with E-state index in [4.69, 9.17) is 4.74 Å². The van der Waals surface area contributed by atoms with E-state index >= 15 is 0 Å². The SMILES string of the molecule is CC1(C)COC(c2ccc(F)cc2)CN1C(=O)c1cccnc1. The monoisotopic (exact) mass is 314 g/mol. The van der Waals surface area contributed by atoms with Crippen molar-refractivity contribution >= 4 is 5.91 Å². The van der Waals surface area contributed by atoms with Gasteiger partial charge in [0.25, 0.3) is 5.91 Å². The van der Waals surface area contributed by atoms with Gasteiger partial charge in [-0.2, -0.15) is 0 Å². The quantitative estimate of drug-likeness (QED) is 0.855. The molecule has 1 fully saturated rings. The van der Waals surface area contributed by atoms with Crippen LogP contribution in [0.5, 0.6) is 0 Å². The molecule has 0 saturated carbocycles. The maximum Gasteiger partial charge on any atom is 0.256 e. The van der Waals surface area contributed by atoms with E-state index in [1.807, 2.05) is 18.7 Å². The molecule has 1 aromatic carbocycles. The van der Waals surface area contributed by atoms with E-state index in [2.05, 4.69) is 4.98 Å². The number of rotatable bonds is 2. The smallest absolute Gasteiger partial charge is 0.256 e. The largest absolute Gasteiger partial charge is 0.369 e. The van der Waals surface area contributed by atoms with Crippen LogP contribution in [-0.2, 0) is 4.74 Å². The third-order valence-corrected chi connectivity index (χ3v) is 4.11. The van der Waals surface area contributed by atoms with Gasteiger partial charge >= 0.3 is 0 Å². The number of carbonyl (C=O) groups is 1. The number of nitrogens with zero attached hydrogens (tertiary/aromatic N) is 2. The second-order valence-corrected chi connectivity index (χ2v) is 6.32. The van der Waals surface area contributed by atoms with Crippen LogP contribution < -0.4 is 0 Å². The highest BCUT2D eigenvalue weighted by atomic mass is 19.1. The topological polar surface area (TPSA) is 42.4 Å². The van der Waals surface area contributed by atoms with E-state index in [-0.39, 0.29) is 17.8 Å². The summed E-state index contributed by atoms with van der Waals surface area (Å²) in [5.41, 5.74) is 1.01. The number of aromatic nitrogens is 1. The third kappa shape index (κ3) is 3.24. The van der Waals surface area contributed by atoms with Gasteiger partial charge in [0.05, 0.1) is 24.3 Å². The van der Waals surface area contributed by atoms with Crippen LogP contribution in [0.2, 0.25) is 0 Å². The Morgan fingerprint density at radius 2 is 2.04 bits per heavy atom. The summed E-state index contributed by atoms with van der Waals surface area (Å²) in [5, 5.41) is 0. The summed E-state index contributed by atoms with van der Waals surface area (Å²) in [5.74, 6) is -0.355. The predicted octanol–water partition coefficient (Wildman–Crippen LogP) is 3.21. The van der Waals surface area contributed by atoms with Crippen LogP contribution in [0.15, 0.2) is 48.8 Å². The Bertz CT molecular complexity index is 686. The minimum absolute atomic E-state index is 0.0708. The van der Waals surface area contributed by atoms with Crippen molar-refractivity contribution in [2.45, 2.75) is 25.5 Å². The van der Waals surface area contributed by atoms with Crippen LogP contribution in [-0.4, -0.2) is 34.5 Å². The lowest BCUT2D eigenvalue weighted by Crippen LogP contribution is -2.56. The first-order valence-electron chi connectivity index (χ1n) is 7.56. The molecule has 0 aliphatic carbocycles. The fourth-order valence-electron chi connectivity index (χ4n) is 2.73. The molecular formula is C18H19FN2O2. The standard InChI is InChI=1S/C18H19FN2O2/c1-18(2)12-23-16(13-5-7-15(19)8-6-13)11-21(18)17(22)14-4-3-9-20-10-14/h3-10,16H,11-12H2,1-2H3. The second kappa shape index (κ2) is 6.08. The van der Waals surface area contributed by atoms with E-state index in [9.17, 15) is 9.18 Å². The van der Waals surface area contributed by atoms with Gasteiger partial charge in [0.2, 0.25) is 0 Å². The minimum Gasteiger partial charge on any atom is -0.369 e. The molecule has 1 aliphatic rings. The van der Waals surface area contributed by atoms with Gasteiger partial charge in [-0.3, -0.25) is 9.78 Å². The molecule has 0 bridgehead atoms. The van der Waals surface area contributed by atoms with Crippen LogP contribution in [0, 0.1) is 5.82 Å². The Morgan fingerprint density at radius 3 is 2.70 bits per heavy atom. The molecule has 23 heavy (non-hydrogen) atoms. The maximum atomic E-state index is 13.1. The predicted molar refractivity (Wildman–Crippen MR) is 84.4 cm³/mol. The second-order valence-electron chi connectivity index (χ2n) is 6.32. The zero-order valence-corrected chi connectivity index (χ0v) is 13.2. The van der Waals surface area contributed by atoms with Crippen molar-refractivity contribution in [3.05, 3.63) is 65.7 Å². The summed E-state index contributed by atoms with van der Waals surface area (Å²) in [6.07, 6.45) is 2.95. The number of hydrogen-bond donors (Lipinski definition) is 0. The van der Waals surface area contributed by atoms with Crippen LogP contribution in [0.1, 0.15) is 35.9 Å². The molecule has 0 radical (unpaired) electrons. The number of halogens is 1. The summed E-state index contributed by atoms with van der Waals surface area (Å²) in [7, 11) is 0. The highest BCUT2D eigenvalue weighted by Gasteiger charge is 2.38. The average molecular weight is 314 g/mol. The van der Waals surface area contributed by atoms with E-state index < -0.39 is 5.54 Å². The van der Waals surface area contributed by atoms with Crippen LogP contribution in [0.3, 0.4) is 0 Å². The summed E-state index contributed by atoms with van der Waals surface area (Å²) in [4.78, 5) is 18.6. The molecule has 1 unspecified atom stereocenters. The molecule has 3 rings (SSSR count). The molecule has 2 heterocycles. The molecule has 1 aromatic heterocycles. The van der Waals surface area contributed by atoms with E-state index in [0.29, 0.717) is 18.7 Å². The zero-order chi connectivity index (χ0) is 16.4. The lowest BCUT2D eigenvalue weighted by atomic mass is 9.97. The average Bonchev–Trinajstić information content (AvgIpc) is 2.56. The lowest BCUT2D eigenvalue weighted by molar-refractivity contribution is -0.0847. The fraction of sp³-hybridized carbons (Fsp3) is 0.333. The maximum absolute atomic E-state index is 13.1. The molecule has 0 N–H and O–H groups in total. The Balaban J connectivity index is 1.85. The molecule has 1 aliphatic heterocycles. The van der Waals surface area contributed by atoms with Crippen LogP contribution >= 0.6 is 0 Å². The van der Waals surface area contributed by atoms with Crippen molar-refractivity contribution in [1.29, 1.82) is 0 Å². The minimum atomic E-state index is -0.413. The molecule has 1 saturated heterocycles. The van der Waals surface area contributed by atoms with E-state index in [0.717, 1.165) is 5.56 Å². The van der Waals surface area contributed by atoms with Gasteiger partial charge < -0.3 is 9.64 Å². The molecular weight excluding hydrogens is 295 g/mol. The van der Waals surface area contributed by atoms with Gasteiger partial charge in [0, 0.05) is 12.4 Å². The van der Waals surface area contributed by atoms with Gasteiger partial charge in [0.15, 0.2) is 0 Å². The molecule has 1 amide bonds. The highest BCUT2D eigenvalue weighted by Crippen LogP contribution is 2.31. The number of carbonyl (C=O) groups excluding carboxylic acids is 1. The van der Waals surface area contributed by atoms with Crippen molar-refractivity contribution in [2.75, 3.05) is 13.2 Å². The van der Waals surface area contributed by atoms with Crippen molar-refractivity contribution in [1.82, 2.24) is 9.88 Å². The Morgan fingerprint density at radius 1 is 1.30 bits per heavy atom. The summed E-state index contributed by atoms with van der Waals surface area (Å²) in [6, 6.07) is 9.72. The van der Waals surface area contributed by atoms with Crippen molar-refractivity contribution in [3.63, 3.8) is 0 Å². The van der Waals surface area contributed by atoms with Crippen molar-refractivity contribution in [2.24, 2.45) is 0 Å². The molecule has 1 atom stereocenters. The molecule has 2 aromatic rings. The lowest BCUT2D eigenvalue weighted by Gasteiger charge is -2.45. The van der Waals surface area contributed by atoms with Crippen molar-refractivity contribution < 1.29 is 13.9 Å². The first kappa shape index (κ1) is 15.6. The Hall–Kier alpha value is -2.27.